The molecule has 13 nitrogen and oxygen atoms in total. The fourth-order valence-electron chi connectivity index (χ4n) is 3.83. The number of aliphatic hydroxyl groups excluding tert-OH is 6. The highest BCUT2D eigenvalue weighted by atomic mass is 16.7. The maximum atomic E-state index is 12.1. The van der Waals surface area contributed by atoms with E-state index in [1.807, 2.05) is 0 Å². The summed E-state index contributed by atoms with van der Waals surface area (Å²) in [6, 6.07) is 3.61. The Hall–Kier alpha value is -2.33. The molecule has 3 heterocycles. The van der Waals surface area contributed by atoms with Crippen LogP contribution in [0.2, 0.25) is 0 Å². The molecule has 188 valence electrons. The van der Waals surface area contributed by atoms with Crippen molar-refractivity contribution in [3.8, 4) is 11.5 Å². The van der Waals surface area contributed by atoms with E-state index in [1.54, 1.807) is 6.92 Å². The lowest BCUT2D eigenvalue weighted by Gasteiger charge is -2.41. The predicted molar refractivity (Wildman–Crippen MR) is 110 cm³/mol. The van der Waals surface area contributed by atoms with E-state index in [0.29, 0.717) is 5.76 Å². The highest BCUT2D eigenvalue weighted by molar-refractivity contribution is 5.84. The second kappa shape index (κ2) is 9.73. The number of rotatable bonds is 5. The van der Waals surface area contributed by atoms with Crippen molar-refractivity contribution < 1.29 is 59.1 Å². The number of aryl methyl sites for hydroxylation is 1. The number of benzene rings is 1. The topological polar surface area (TPSA) is 209 Å². The van der Waals surface area contributed by atoms with Gasteiger partial charge >= 0.3 is 0 Å². The lowest BCUT2D eigenvalue weighted by molar-refractivity contribution is -0.307. The van der Waals surface area contributed by atoms with Crippen molar-refractivity contribution in [3.05, 3.63) is 34.2 Å². The van der Waals surface area contributed by atoms with Crippen LogP contribution >= 0.6 is 0 Å². The number of phenolic OH excluding ortho intramolecular Hbond substituents is 1. The lowest BCUT2D eigenvalue weighted by atomic mass is 9.99. The molecular weight excluding hydrogens is 460 g/mol. The van der Waals surface area contributed by atoms with Gasteiger partial charge in [-0.15, -0.1) is 0 Å². The molecule has 1 aromatic carbocycles. The Labute approximate surface area is 191 Å². The van der Waals surface area contributed by atoms with E-state index in [0.717, 1.165) is 6.07 Å². The van der Waals surface area contributed by atoms with E-state index < -0.39 is 73.1 Å². The van der Waals surface area contributed by atoms with Crippen molar-refractivity contribution >= 4 is 11.0 Å². The second-order valence-corrected chi connectivity index (χ2v) is 8.25. The zero-order chi connectivity index (χ0) is 24.7. The number of hydrogen-bond donors (Lipinski definition) is 7. The van der Waals surface area contributed by atoms with Crippen molar-refractivity contribution in [2.75, 3.05) is 13.2 Å². The normalized spacial score (nSPS) is 36.5. The molecule has 0 bridgehead atoms. The van der Waals surface area contributed by atoms with Gasteiger partial charge in [0, 0.05) is 18.2 Å². The van der Waals surface area contributed by atoms with Crippen LogP contribution in [0, 0.1) is 6.92 Å². The molecule has 4 rings (SSSR count). The largest absolute Gasteiger partial charge is 0.507 e. The van der Waals surface area contributed by atoms with Crippen LogP contribution in [0.1, 0.15) is 5.76 Å². The third-order valence-corrected chi connectivity index (χ3v) is 5.71. The number of hydrogen-bond acceptors (Lipinski definition) is 13. The van der Waals surface area contributed by atoms with Gasteiger partial charge in [-0.05, 0) is 6.92 Å². The minimum atomic E-state index is -1.72. The van der Waals surface area contributed by atoms with E-state index in [1.165, 1.54) is 12.1 Å². The van der Waals surface area contributed by atoms with Gasteiger partial charge in [-0.3, -0.25) is 4.79 Å². The minimum absolute atomic E-state index is 0.0231. The van der Waals surface area contributed by atoms with Crippen molar-refractivity contribution in [1.29, 1.82) is 0 Å². The van der Waals surface area contributed by atoms with E-state index >= 15 is 0 Å². The van der Waals surface area contributed by atoms with E-state index in [4.69, 9.17) is 23.4 Å². The molecule has 0 spiro atoms. The van der Waals surface area contributed by atoms with Crippen molar-refractivity contribution in [1.82, 2.24) is 0 Å². The van der Waals surface area contributed by atoms with Gasteiger partial charge in [0.1, 0.15) is 71.0 Å². The summed E-state index contributed by atoms with van der Waals surface area (Å²) in [6.07, 6.45) is -13.6. The number of fused-ring (bicyclic) bond motifs is 1. The van der Waals surface area contributed by atoms with Crippen LogP contribution in [0.3, 0.4) is 0 Å². The molecule has 9 atom stereocenters. The van der Waals surface area contributed by atoms with Crippen LogP contribution < -0.4 is 10.2 Å². The van der Waals surface area contributed by atoms with Gasteiger partial charge in [-0.1, -0.05) is 0 Å². The third-order valence-electron chi connectivity index (χ3n) is 5.71. The smallest absolute Gasteiger partial charge is 0.229 e. The van der Waals surface area contributed by atoms with Gasteiger partial charge < -0.3 is 59.1 Å². The summed E-state index contributed by atoms with van der Waals surface area (Å²) in [7, 11) is 0. The highest BCUT2D eigenvalue weighted by Gasteiger charge is 2.46. The molecule has 2 aromatic rings. The maximum absolute atomic E-state index is 12.1. The second-order valence-electron chi connectivity index (χ2n) is 8.25. The van der Waals surface area contributed by atoms with Crippen LogP contribution in [-0.2, 0) is 14.2 Å². The molecule has 2 aliphatic heterocycles. The molecule has 2 aliphatic rings. The molecule has 1 aromatic heterocycles. The first-order valence-electron chi connectivity index (χ1n) is 10.5. The Morgan fingerprint density at radius 1 is 0.941 bits per heavy atom. The number of phenols is 1. The molecule has 9 unspecified atom stereocenters. The first-order chi connectivity index (χ1) is 16.1. The van der Waals surface area contributed by atoms with Crippen LogP contribution in [0.4, 0.5) is 0 Å². The minimum Gasteiger partial charge on any atom is -0.507 e. The average Bonchev–Trinajstić information content (AvgIpc) is 2.77. The van der Waals surface area contributed by atoms with Gasteiger partial charge in [-0.25, -0.2) is 0 Å². The van der Waals surface area contributed by atoms with Gasteiger partial charge in [0.05, 0.1) is 13.2 Å². The fraction of sp³-hybridized carbons (Fsp3) is 0.571. The van der Waals surface area contributed by atoms with E-state index in [9.17, 15) is 40.5 Å². The average molecular weight is 486 g/mol. The number of ether oxygens (including phenoxy) is 4. The first-order valence-corrected chi connectivity index (χ1v) is 10.5. The van der Waals surface area contributed by atoms with Crippen molar-refractivity contribution in [2.24, 2.45) is 0 Å². The first kappa shape index (κ1) is 24.8. The molecule has 0 aliphatic carbocycles. The molecule has 0 amide bonds. The number of aromatic hydroxyl groups is 1. The third kappa shape index (κ3) is 4.75. The zero-order valence-corrected chi connectivity index (χ0v) is 17.9. The summed E-state index contributed by atoms with van der Waals surface area (Å²) >= 11 is 0. The maximum Gasteiger partial charge on any atom is 0.229 e. The molecule has 2 fully saturated rings. The van der Waals surface area contributed by atoms with E-state index in [-0.39, 0.29) is 23.3 Å². The number of aliphatic hydroxyl groups is 6. The molecule has 34 heavy (non-hydrogen) atoms. The lowest BCUT2D eigenvalue weighted by Crippen LogP contribution is -2.61. The Morgan fingerprint density at radius 3 is 2.38 bits per heavy atom. The monoisotopic (exact) mass is 486 g/mol. The van der Waals surface area contributed by atoms with Crippen molar-refractivity contribution in [2.45, 2.75) is 62.2 Å². The Balaban J connectivity index is 1.48. The van der Waals surface area contributed by atoms with Crippen LogP contribution in [0.5, 0.6) is 11.5 Å². The molecule has 13 heteroatoms. The zero-order valence-electron chi connectivity index (χ0n) is 17.9. The summed E-state index contributed by atoms with van der Waals surface area (Å²) in [4.78, 5) is 12.1. The highest BCUT2D eigenvalue weighted by Crippen LogP contribution is 2.31. The summed E-state index contributed by atoms with van der Waals surface area (Å²) < 4.78 is 27.0. The Morgan fingerprint density at radius 2 is 1.65 bits per heavy atom. The van der Waals surface area contributed by atoms with Crippen LogP contribution in [0.15, 0.2) is 27.4 Å². The van der Waals surface area contributed by atoms with Gasteiger partial charge in [0.2, 0.25) is 6.29 Å². The summed E-state index contributed by atoms with van der Waals surface area (Å²) in [6.45, 7) is 0.798. The molecule has 7 N–H and O–H groups in total. The fourth-order valence-corrected chi connectivity index (χ4v) is 3.83. The summed E-state index contributed by atoms with van der Waals surface area (Å²) in [5, 5.41) is 70.2. The molecular formula is C21H26O13. The quantitative estimate of drug-likeness (QED) is 0.232. The standard InChI is InChI=1S/C21H26O13/c1-7-2-9(22)14-10(23)3-8(4-12(14)32-7)33-21-19(29)17(27)16(26)13(34-21)6-31-20-18(28)15(25)11(24)5-30-20/h2-4,11,13,15-21,23-29H,5-6H2,1H3. The van der Waals surface area contributed by atoms with E-state index in [2.05, 4.69) is 0 Å². The molecule has 0 saturated carbocycles. The SMILES string of the molecule is Cc1cc(=O)c2c(O)cc(OC3OC(COC4OCC(O)C(O)C4O)C(O)C(O)C3O)cc2o1. The molecule has 0 radical (unpaired) electrons. The van der Waals surface area contributed by atoms with Crippen LogP contribution in [-0.4, -0.2) is 104 Å². The predicted octanol–water partition coefficient (Wildman–Crippen LogP) is -2.55. The Bertz CT molecular complexity index is 1070. The van der Waals surface area contributed by atoms with Crippen LogP contribution in [0.25, 0.3) is 11.0 Å². The molecule has 2 saturated heterocycles. The summed E-state index contributed by atoms with van der Waals surface area (Å²) in [5.41, 5.74) is -0.438. The van der Waals surface area contributed by atoms with Gasteiger partial charge in [0.15, 0.2) is 11.7 Å². The summed E-state index contributed by atoms with van der Waals surface area (Å²) in [5.74, 6) is -0.200. The Kier molecular flexibility index (Phi) is 7.09. The van der Waals surface area contributed by atoms with Crippen molar-refractivity contribution in [3.63, 3.8) is 0 Å². The van der Waals surface area contributed by atoms with Gasteiger partial charge in [0.25, 0.3) is 0 Å². The van der Waals surface area contributed by atoms with Gasteiger partial charge in [-0.2, -0.15) is 0 Å².